The fourth-order valence-electron chi connectivity index (χ4n) is 2.95. The summed E-state index contributed by atoms with van der Waals surface area (Å²) in [5.41, 5.74) is 1.07. The molecule has 3 rings (SSSR count). The van der Waals surface area contributed by atoms with Crippen LogP contribution in [0.25, 0.3) is 10.2 Å². The zero-order valence-corrected chi connectivity index (χ0v) is 18.1. The molecule has 0 saturated heterocycles. The van der Waals surface area contributed by atoms with Crippen molar-refractivity contribution in [1.29, 1.82) is 0 Å². The van der Waals surface area contributed by atoms with Crippen LogP contribution in [0.2, 0.25) is 0 Å². The molecule has 0 saturated carbocycles. The molecule has 12 heteroatoms. The molecule has 0 aliphatic rings. The second kappa shape index (κ2) is 10.2. The summed E-state index contributed by atoms with van der Waals surface area (Å²) < 4.78 is 19.6. The first-order valence-electron chi connectivity index (χ1n) is 9.63. The molecule has 0 aliphatic heterocycles. The number of ether oxygens (including phenoxy) is 1. The molecule has 2 heterocycles. The quantitative estimate of drug-likeness (QED) is 0.326. The number of rotatable bonds is 9. The topological polar surface area (TPSA) is 146 Å². The number of hydrogen-bond donors (Lipinski definition) is 5. The highest BCUT2D eigenvalue weighted by Crippen LogP contribution is 2.36. The molecular formula is C20H22FN5O5S. The molecule has 1 atom stereocenters. The van der Waals surface area contributed by atoms with E-state index >= 15 is 0 Å². The standard InChI is InChI=1S/C20H22FN5O5S/c1-10(8-23-20(29)30)31-14-7-12(21)3-4-13(14)26-17-15-11(2)16(18(28)22-5-6-27)32-19(15)25-9-24-17/h3-4,7,9-10,23,27H,5-6,8H2,1-2H3,(H,22,28)(H,29,30)(H,24,25,26). The molecule has 0 fully saturated rings. The van der Waals surface area contributed by atoms with Crippen LogP contribution in [-0.4, -0.2) is 58.0 Å². The summed E-state index contributed by atoms with van der Waals surface area (Å²) in [6.07, 6.45) is -0.406. The summed E-state index contributed by atoms with van der Waals surface area (Å²) >= 11 is 1.19. The van der Waals surface area contributed by atoms with E-state index in [1.807, 2.05) is 0 Å². The molecule has 3 aromatic rings. The molecule has 1 unspecified atom stereocenters. The van der Waals surface area contributed by atoms with Crippen molar-refractivity contribution in [2.24, 2.45) is 0 Å². The average Bonchev–Trinajstić information content (AvgIpc) is 3.10. The van der Waals surface area contributed by atoms with Gasteiger partial charge in [-0.3, -0.25) is 4.79 Å². The van der Waals surface area contributed by atoms with E-state index < -0.39 is 18.0 Å². The molecule has 0 bridgehead atoms. The molecule has 0 spiro atoms. The van der Waals surface area contributed by atoms with Crippen molar-refractivity contribution in [2.75, 3.05) is 25.0 Å². The lowest BCUT2D eigenvalue weighted by molar-refractivity contribution is 0.0948. The van der Waals surface area contributed by atoms with Crippen molar-refractivity contribution < 1.29 is 28.9 Å². The SMILES string of the molecule is Cc1c(C(=O)NCCO)sc2ncnc(Nc3ccc(F)cc3OC(C)CNC(=O)O)c12. The Balaban J connectivity index is 1.92. The van der Waals surface area contributed by atoms with Gasteiger partial charge in [0.15, 0.2) is 0 Å². The van der Waals surface area contributed by atoms with Gasteiger partial charge in [0.2, 0.25) is 0 Å². The Bertz CT molecular complexity index is 1140. The number of hydrogen-bond acceptors (Lipinski definition) is 8. The molecule has 0 aliphatic carbocycles. The minimum Gasteiger partial charge on any atom is -0.487 e. The van der Waals surface area contributed by atoms with Crippen molar-refractivity contribution in [3.63, 3.8) is 0 Å². The van der Waals surface area contributed by atoms with Gasteiger partial charge >= 0.3 is 6.09 Å². The molecule has 32 heavy (non-hydrogen) atoms. The molecular weight excluding hydrogens is 441 g/mol. The number of benzene rings is 1. The maximum Gasteiger partial charge on any atom is 0.404 e. The van der Waals surface area contributed by atoms with E-state index in [4.69, 9.17) is 14.9 Å². The number of carbonyl (C=O) groups is 2. The summed E-state index contributed by atoms with van der Waals surface area (Å²) in [4.78, 5) is 32.6. The van der Waals surface area contributed by atoms with Crippen LogP contribution in [0.5, 0.6) is 5.75 Å². The van der Waals surface area contributed by atoms with Gasteiger partial charge in [-0.05, 0) is 31.5 Å². The summed E-state index contributed by atoms with van der Waals surface area (Å²) in [5, 5.41) is 26.2. The maximum absolute atomic E-state index is 13.9. The van der Waals surface area contributed by atoms with Crippen LogP contribution >= 0.6 is 11.3 Å². The van der Waals surface area contributed by atoms with Crippen LogP contribution in [0.1, 0.15) is 22.2 Å². The van der Waals surface area contributed by atoms with Crippen molar-refractivity contribution in [1.82, 2.24) is 20.6 Å². The summed E-state index contributed by atoms with van der Waals surface area (Å²) in [6.45, 7) is 3.39. The number of aromatic nitrogens is 2. The fourth-order valence-corrected chi connectivity index (χ4v) is 4.01. The molecule has 0 radical (unpaired) electrons. The van der Waals surface area contributed by atoms with Crippen LogP contribution in [0, 0.1) is 12.7 Å². The fraction of sp³-hybridized carbons (Fsp3) is 0.300. The number of thiophene rings is 1. The molecule has 10 nitrogen and oxygen atoms in total. The first kappa shape index (κ1) is 23.2. The van der Waals surface area contributed by atoms with E-state index in [2.05, 4.69) is 25.9 Å². The van der Waals surface area contributed by atoms with Crippen LogP contribution in [0.4, 0.5) is 20.7 Å². The number of aliphatic hydroxyl groups is 1. The summed E-state index contributed by atoms with van der Waals surface area (Å²) in [6, 6.07) is 3.92. The van der Waals surface area contributed by atoms with Crippen molar-refractivity contribution >= 4 is 45.1 Å². The van der Waals surface area contributed by atoms with E-state index in [-0.39, 0.29) is 31.4 Å². The van der Waals surface area contributed by atoms with Gasteiger partial charge < -0.3 is 30.9 Å². The van der Waals surface area contributed by atoms with Crippen molar-refractivity contribution in [2.45, 2.75) is 20.0 Å². The van der Waals surface area contributed by atoms with Gasteiger partial charge in [0.05, 0.1) is 29.1 Å². The molecule has 1 aromatic carbocycles. The first-order chi connectivity index (χ1) is 15.3. The Morgan fingerprint density at radius 1 is 1.28 bits per heavy atom. The normalized spacial score (nSPS) is 11.8. The summed E-state index contributed by atoms with van der Waals surface area (Å²) in [5.74, 6) is -0.273. The molecule has 2 amide bonds. The molecule has 2 aromatic heterocycles. The molecule has 5 N–H and O–H groups in total. The van der Waals surface area contributed by atoms with Crippen LogP contribution < -0.4 is 20.7 Å². The highest BCUT2D eigenvalue weighted by atomic mass is 32.1. The Morgan fingerprint density at radius 3 is 2.78 bits per heavy atom. The van der Waals surface area contributed by atoms with Crippen LogP contribution in [0.15, 0.2) is 24.5 Å². The van der Waals surface area contributed by atoms with E-state index in [0.29, 0.717) is 32.2 Å². The van der Waals surface area contributed by atoms with Gasteiger partial charge in [-0.25, -0.2) is 19.2 Å². The third-order valence-electron chi connectivity index (χ3n) is 4.40. The van der Waals surface area contributed by atoms with E-state index in [1.165, 1.54) is 35.9 Å². The summed E-state index contributed by atoms with van der Waals surface area (Å²) in [7, 11) is 0. The van der Waals surface area contributed by atoms with Gasteiger partial charge in [-0.15, -0.1) is 11.3 Å². The van der Waals surface area contributed by atoms with Crippen LogP contribution in [-0.2, 0) is 0 Å². The second-order valence-electron chi connectivity index (χ2n) is 6.82. The number of halogens is 1. The lowest BCUT2D eigenvalue weighted by Crippen LogP contribution is -2.32. The zero-order valence-electron chi connectivity index (χ0n) is 17.3. The molecule has 170 valence electrons. The third-order valence-corrected chi connectivity index (χ3v) is 5.59. The van der Waals surface area contributed by atoms with Gasteiger partial charge in [-0.2, -0.15) is 0 Å². The largest absolute Gasteiger partial charge is 0.487 e. The number of nitrogens with zero attached hydrogens (tertiary/aromatic N) is 2. The Morgan fingerprint density at radius 2 is 2.06 bits per heavy atom. The zero-order chi connectivity index (χ0) is 23.3. The van der Waals surface area contributed by atoms with Gasteiger partial charge in [0, 0.05) is 12.6 Å². The number of fused-ring (bicyclic) bond motifs is 1. The lowest BCUT2D eigenvalue weighted by Gasteiger charge is -2.18. The van der Waals surface area contributed by atoms with Crippen molar-refractivity contribution in [3.05, 3.63) is 40.8 Å². The van der Waals surface area contributed by atoms with Crippen molar-refractivity contribution in [3.8, 4) is 5.75 Å². The Hall–Kier alpha value is -3.51. The van der Waals surface area contributed by atoms with E-state index in [1.54, 1.807) is 13.8 Å². The number of amides is 2. The predicted molar refractivity (Wildman–Crippen MR) is 117 cm³/mol. The van der Waals surface area contributed by atoms with Gasteiger partial charge in [-0.1, -0.05) is 0 Å². The average molecular weight is 463 g/mol. The number of carboxylic acid groups (broad SMARTS) is 1. The first-order valence-corrected chi connectivity index (χ1v) is 10.4. The second-order valence-corrected chi connectivity index (χ2v) is 7.82. The monoisotopic (exact) mass is 463 g/mol. The van der Waals surface area contributed by atoms with E-state index in [9.17, 15) is 14.0 Å². The predicted octanol–water partition coefficient (Wildman–Crippen LogP) is 2.64. The van der Waals surface area contributed by atoms with Gasteiger partial charge in [0.25, 0.3) is 5.91 Å². The third kappa shape index (κ3) is 5.39. The Kier molecular flexibility index (Phi) is 7.38. The van der Waals surface area contributed by atoms with E-state index in [0.717, 1.165) is 0 Å². The highest BCUT2D eigenvalue weighted by Gasteiger charge is 2.20. The smallest absolute Gasteiger partial charge is 0.404 e. The Labute approximate surface area is 186 Å². The number of aryl methyl sites for hydroxylation is 1. The van der Waals surface area contributed by atoms with Gasteiger partial charge in [0.1, 0.15) is 34.6 Å². The minimum atomic E-state index is -1.19. The number of aliphatic hydroxyl groups excluding tert-OH is 1. The number of anilines is 2. The minimum absolute atomic E-state index is 0.0129. The highest BCUT2D eigenvalue weighted by molar-refractivity contribution is 7.20. The maximum atomic E-state index is 13.9. The van der Waals surface area contributed by atoms with Crippen LogP contribution in [0.3, 0.4) is 0 Å². The lowest BCUT2D eigenvalue weighted by atomic mass is 10.2. The number of nitrogens with one attached hydrogen (secondary N) is 3. The number of carbonyl (C=O) groups excluding carboxylic acids is 1.